The third-order valence-electron chi connectivity index (χ3n) is 2.99. The molecular formula is C12H15BrO. The van der Waals surface area contributed by atoms with Gasteiger partial charge in [0.2, 0.25) is 0 Å². The van der Waals surface area contributed by atoms with Crippen LogP contribution in [0, 0.1) is 20.8 Å². The Labute approximate surface area is 93.6 Å². The van der Waals surface area contributed by atoms with E-state index < -0.39 is 0 Å². The molecule has 0 aliphatic carbocycles. The van der Waals surface area contributed by atoms with Crippen molar-refractivity contribution >= 4 is 15.9 Å². The maximum Gasteiger partial charge on any atom is 0.0974 e. The lowest BCUT2D eigenvalue weighted by atomic mass is 9.90. The average molecular weight is 255 g/mol. The fourth-order valence-electron chi connectivity index (χ4n) is 1.88. The summed E-state index contributed by atoms with van der Waals surface area (Å²) in [5.41, 5.74) is 5.46. The van der Waals surface area contributed by atoms with Gasteiger partial charge in [-0.3, -0.25) is 0 Å². The molecule has 1 saturated heterocycles. The second kappa shape index (κ2) is 3.35. The third-order valence-corrected chi connectivity index (χ3v) is 3.87. The first-order valence-electron chi connectivity index (χ1n) is 4.88. The Morgan fingerprint density at radius 2 is 1.64 bits per heavy atom. The predicted octanol–water partition coefficient (Wildman–Crippen LogP) is 3.23. The van der Waals surface area contributed by atoms with Gasteiger partial charge in [-0.15, -0.1) is 0 Å². The molecule has 0 radical (unpaired) electrons. The van der Waals surface area contributed by atoms with Gasteiger partial charge in [0.15, 0.2) is 0 Å². The molecule has 0 N–H and O–H groups in total. The summed E-state index contributed by atoms with van der Waals surface area (Å²) in [7, 11) is 0. The minimum atomic E-state index is 0.0789. The van der Waals surface area contributed by atoms with Crippen LogP contribution in [-0.2, 0) is 9.06 Å². The van der Waals surface area contributed by atoms with Crippen LogP contribution in [0.3, 0.4) is 0 Å². The van der Waals surface area contributed by atoms with E-state index in [0.717, 1.165) is 13.2 Å². The Bertz CT molecular complexity index is 367. The Kier molecular flexibility index (Phi) is 2.44. The number of hydrogen-bond acceptors (Lipinski definition) is 1. The van der Waals surface area contributed by atoms with Gasteiger partial charge in [-0.25, -0.2) is 0 Å². The normalized spacial score (nSPS) is 19.1. The van der Waals surface area contributed by atoms with Crippen molar-refractivity contribution < 1.29 is 4.74 Å². The Morgan fingerprint density at radius 1 is 1.07 bits per heavy atom. The van der Waals surface area contributed by atoms with Crippen molar-refractivity contribution in [2.45, 2.75) is 25.1 Å². The van der Waals surface area contributed by atoms with Crippen molar-refractivity contribution in [3.05, 3.63) is 34.4 Å². The molecule has 76 valence electrons. The molecule has 1 aliphatic rings. The molecule has 14 heavy (non-hydrogen) atoms. The van der Waals surface area contributed by atoms with Crippen molar-refractivity contribution in [1.82, 2.24) is 0 Å². The molecule has 0 unspecified atom stereocenters. The minimum absolute atomic E-state index is 0.0789. The van der Waals surface area contributed by atoms with Crippen LogP contribution in [0.25, 0.3) is 0 Å². The molecule has 0 spiro atoms. The summed E-state index contributed by atoms with van der Waals surface area (Å²) < 4.78 is 5.35. The first-order valence-corrected chi connectivity index (χ1v) is 5.67. The summed E-state index contributed by atoms with van der Waals surface area (Å²) in [5, 5.41) is 0. The zero-order chi connectivity index (χ0) is 10.3. The van der Waals surface area contributed by atoms with Gasteiger partial charge in [-0.05, 0) is 43.0 Å². The van der Waals surface area contributed by atoms with Crippen LogP contribution < -0.4 is 0 Å². The van der Waals surface area contributed by atoms with Crippen molar-refractivity contribution in [3.8, 4) is 0 Å². The molecule has 2 heteroatoms. The highest BCUT2D eigenvalue weighted by atomic mass is 79.9. The van der Waals surface area contributed by atoms with Crippen molar-refractivity contribution in [3.63, 3.8) is 0 Å². The van der Waals surface area contributed by atoms with Gasteiger partial charge in [0, 0.05) is 0 Å². The molecule has 1 aliphatic heterocycles. The summed E-state index contributed by atoms with van der Waals surface area (Å²) in [4.78, 5) is 0. The quantitative estimate of drug-likeness (QED) is 0.700. The Balaban J connectivity index is 2.48. The topological polar surface area (TPSA) is 9.23 Å². The molecule has 2 rings (SSSR count). The van der Waals surface area contributed by atoms with Gasteiger partial charge in [0.05, 0.1) is 17.5 Å². The number of alkyl halides is 1. The molecule has 1 nitrogen and oxygen atoms in total. The van der Waals surface area contributed by atoms with Gasteiger partial charge in [0.25, 0.3) is 0 Å². The van der Waals surface area contributed by atoms with Crippen LogP contribution in [0.15, 0.2) is 12.1 Å². The van der Waals surface area contributed by atoms with Crippen molar-refractivity contribution in [2.24, 2.45) is 0 Å². The molecule has 1 heterocycles. The van der Waals surface area contributed by atoms with Crippen LogP contribution in [0.1, 0.15) is 22.3 Å². The van der Waals surface area contributed by atoms with Crippen LogP contribution in [-0.4, -0.2) is 13.2 Å². The molecule has 0 saturated carbocycles. The second-order valence-corrected chi connectivity index (χ2v) is 5.73. The largest absolute Gasteiger partial charge is 0.378 e. The number of benzene rings is 1. The first-order chi connectivity index (χ1) is 6.53. The van der Waals surface area contributed by atoms with E-state index in [0.29, 0.717) is 0 Å². The molecule has 0 aromatic heterocycles. The van der Waals surface area contributed by atoms with Crippen LogP contribution in [0.2, 0.25) is 0 Å². The van der Waals surface area contributed by atoms with E-state index in [1.54, 1.807) is 0 Å². The molecule has 1 aromatic carbocycles. The molecule has 1 aromatic rings. The highest BCUT2D eigenvalue weighted by molar-refractivity contribution is 9.09. The van der Waals surface area contributed by atoms with E-state index >= 15 is 0 Å². The van der Waals surface area contributed by atoms with Gasteiger partial charge >= 0.3 is 0 Å². The minimum Gasteiger partial charge on any atom is -0.378 e. The lowest BCUT2D eigenvalue weighted by Gasteiger charge is -2.37. The van der Waals surface area contributed by atoms with Crippen LogP contribution in [0.5, 0.6) is 0 Å². The second-order valence-electron chi connectivity index (χ2n) is 4.21. The van der Waals surface area contributed by atoms with E-state index in [1.165, 1.54) is 22.3 Å². The zero-order valence-corrected chi connectivity index (χ0v) is 10.4. The maximum absolute atomic E-state index is 5.27. The van der Waals surface area contributed by atoms with Crippen LogP contribution >= 0.6 is 15.9 Å². The highest BCUT2D eigenvalue weighted by Gasteiger charge is 2.38. The zero-order valence-electron chi connectivity index (χ0n) is 8.86. The summed E-state index contributed by atoms with van der Waals surface area (Å²) in [6.07, 6.45) is 0. The van der Waals surface area contributed by atoms with E-state index in [4.69, 9.17) is 4.74 Å². The van der Waals surface area contributed by atoms with Gasteiger partial charge in [-0.2, -0.15) is 0 Å². The van der Waals surface area contributed by atoms with Crippen molar-refractivity contribution in [2.75, 3.05) is 13.2 Å². The lowest BCUT2D eigenvalue weighted by Crippen LogP contribution is -2.41. The summed E-state index contributed by atoms with van der Waals surface area (Å²) in [6.45, 7) is 8.06. The number of ether oxygens (including phenoxy) is 1. The molecular weight excluding hydrogens is 240 g/mol. The van der Waals surface area contributed by atoms with E-state index in [2.05, 4.69) is 48.8 Å². The van der Waals surface area contributed by atoms with Gasteiger partial charge in [0.1, 0.15) is 0 Å². The summed E-state index contributed by atoms with van der Waals surface area (Å²) in [5.74, 6) is 0. The number of rotatable bonds is 1. The predicted molar refractivity (Wildman–Crippen MR) is 62.1 cm³/mol. The molecule has 1 fully saturated rings. The number of hydrogen-bond donors (Lipinski definition) is 0. The SMILES string of the molecule is Cc1cc(C)c(C2(Br)COC2)cc1C. The van der Waals surface area contributed by atoms with E-state index in [9.17, 15) is 0 Å². The average Bonchev–Trinajstić information content (AvgIpc) is 2.07. The monoisotopic (exact) mass is 254 g/mol. The molecule has 0 amide bonds. The van der Waals surface area contributed by atoms with Gasteiger partial charge < -0.3 is 4.74 Å². The number of aryl methyl sites for hydroxylation is 3. The first kappa shape index (κ1) is 10.2. The van der Waals surface area contributed by atoms with E-state index in [1.807, 2.05) is 0 Å². The number of halogens is 1. The smallest absolute Gasteiger partial charge is 0.0974 e. The Hall–Kier alpha value is -0.340. The highest BCUT2D eigenvalue weighted by Crippen LogP contribution is 2.40. The Morgan fingerprint density at radius 3 is 2.14 bits per heavy atom. The molecule has 0 bridgehead atoms. The fourth-order valence-corrected chi connectivity index (χ4v) is 2.63. The maximum atomic E-state index is 5.27. The van der Waals surface area contributed by atoms with Crippen LogP contribution in [0.4, 0.5) is 0 Å². The fraction of sp³-hybridized carbons (Fsp3) is 0.500. The van der Waals surface area contributed by atoms with Crippen molar-refractivity contribution in [1.29, 1.82) is 0 Å². The van der Waals surface area contributed by atoms with E-state index in [-0.39, 0.29) is 4.32 Å². The summed E-state index contributed by atoms with van der Waals surface area (Å²) >= 11 is 3.76. The third kappa shape index (κ3) is 1.51. The molecule has 0 atom stereocenters. The summed E-state index contributed by atoms with van der Waals surface area (Å²) in [6, 6.07) is 4.54. The lowest BCUT2D eigenvalue weighted by molar-refractivity contribution is -0.00727. The van der Waals surface area contributed by atoms with Gasteiger partial charge in [-0.1, -0.05) is 28.1 Å². The standard InChI is InChI=1S/C12H15BrO/c1-8-4-10(3)11(5-9(8)2)12(13)6-14-7-12/h4-5H,6-7H2,1-3H3.